The van der Waals surface area contributed by atoms with Crippen LogP contribution in [0.1, 0.15) is 6.42 Å². The molecule has 4 nitrogen and oxygen atoms in total. The molecule has 1 unspecified atom stereocenters. The molecule has 80 valence electrons. The fourth-order valence-electron chi connectivity index (χ4n) is 1.77. The van der Waals surface area contributed by atoms with E-state index in [0.717, 1.165) is 19.5 Å². The van der Waals surface area contributed by atoms with Crippen molar-refractivity contribution in [2.75, 3.05) is 33.3 Å². The van der Waals surface area contributed by atoms with Crippen LogP contribution in [-0.4, -0.2) is 60.1 Å². The number of rotatable bonds is 3. The van der Waals surface area contributed by atoms with Gasteiger partial charge in [0.1, 0.15) is 6.04 Å². The highest BCUT2D eigenvalue weighted by Gasteiger charge is 2.29. The number of aliphatic hydroxyl groups excluding tert-OH is 1. The van der Waals surface area contributed by atoms with Crippen molar-refractivity contribution in [1.29, 1.82) is 0 Å². The summed E-state index contributed by atoms with van der Waals surface area (Å²) in [5.74, 6) is 0.00634. The fraction of sp³-hybridized carbons (Fsp3) is 0.700. The van der Waals surface area contributed by atoms with Crippen LogP contribution in [0, 0.1) is 0 Å². The Kier molecular flexibility index (Phi) is 4.10. The molecular weight excluding hydrogens is 180 g/mol. The number of amides is 1. The number of likely N-dealkylation sites (N-methyl/N-ethyl adjacent to an activating group) is 1. The summed E-state index contributed by atoms with van der Waals surface area (Å²) in [6.45, 7) is 5.80. The summed E-state index contributed by atoms with van der Waals surface area (Å²) >= 11 is 0. The monoisotopic (exact) mass is 198 g/mol. The van der Waals surface area contributed by atoms with Gasteiger partial charge in [0.25, 0.3) is 0 Å². The molecule has 0 aromatic heterocycles. The van der Waals surface area contributed by atoms with Crippen molar-refractivity contribution in [3.8, 4) is 0 Å². The molecule has 0 aromatic carbocycles. The minimum absolute atomic E-state index is 0.00634. The molecule has 1 saturated heterocycles. The first-order valence-corrected chi connectivity index (χ1v) is 4.91. The van der Waals surface area contributed by atoms with Gasteiger partial charge in [-0.25, -0.2) is 0 Å². The number of carbonyl (C=O) groups excluding carboxylic acids is 1. The highest BCUT2D eigenvalue weighted by Crippen LogP contribution is 2.09. The van der Waals surface area contributed by atoms with Crippen molar-refractivity contribution in [3.05, 3.63) is 12.7 Å². The second-order valence-electron chi connectivity index (χ2n) is 3.60. The average molecular weight is 198 g/mol. The van der Waals surface area contributed by atoms with Crippen LogP contribution in [0.15, 0.2) is 12.7 Å². The Balaban J connectivity index is 2.74. The maximum atomic E-state index is 11.8. The van der Waals surface area contributed by atoms with Crippen LogP contribution in [-0.2, 0) is 4.79 Å². The number of hydrogen-bond acceptors (Lipinski definition) is 3. The minimum Gasteiger partial charge on any atom is -0.394 e. The van der Waals surface area contributed by atoms with E-state index in [0.29, 0.717) is 6.54 Å². The van der Waals surface area contributed by atoms with Gasteiger partial charge in [0.2, 0.25) is 5.91 Å². The van der Waals surface area contributed by atoms with Crippen LogP contribution in [0.3, 0.4) is 0 Å². The molecule has 0 bridgehead atoms. The third-order valence-electron chi connectivity index (χ3n) is 2.58. The second-order valence-corrected chi connectivity index (χ2v) is 3.60. The van der Waals surface area contributed by atoms with Gasteiger partial charge >= 0.3 is 0 Å². The largest absolute Gasteiger partial charge is 0.394 e. The fourth-order valence-corrected chi connectivity index (χ4v) is 1.77. The quantitative estimate of drug-likeness (QED) is 0.633. The van der Waals surface area contributed by atoms with Gasteiger partial charge in [-0.2, -0.15) is 0 Å². The summed E-state index contributed by atoms with van der Waals surface area (Å²) in [6, 6.07) is -0.388. The Morgan fingerprint density at radius 1 is 1.64 bits per heavy atom. The smallest absolute Gasteiger partial charge is 0.242 e. The summed E-state index contributed by atoms with van der Waals surface area (Å²) in [6.07, 6.45) is 2.72. The van der Waals surface area contributed by atoms with E-state index in [-0.39, 0.29) is 18.6 Å². The molecule has 0 spiro atoms. The molecule has 0 saturated carbocycles. The number of carbonyl (C=O) groups is 1. The van der Waals surface area contributed by atoms with Crippen molar-refractivity contribution >= 4 is 5.91 Å². The molecule has 1 aliphatic heterocycles. The number of aliphatic hydroxyl groups is 1. The SMILES string of the molecule is C=CCN1CCCN(C)C(=O)C1CO. The first kappa shape index (κ1) is 11.2. The number of nitrogens with zero attached hydrogens (tertiary/aromatic N) is 2. The van der Waals surface area contributed by atoms with Gasteiger partial charge in [-0.15, -0.1) is 6.58 Å². The van der Waals surface area contributed by atoms with Gasteiger partial charge in [0, 0.05) is 26.7 Å². The van der Waals surface area contributed by atoms with E-state index in [9.17, 15) is 9.90 Å². The van der Waals surface area contributed by atoms with Crippen LogP contribution in [0.5, 0.6) is 0 Å². The van der Waals surface area contributed by atoms with E-state index < -0.39 is 0 Å². The Morgan fingerprint density at radius 3 is 2.93 bits per heavy atom. The summed E-state index contributed by atoms with van der Waals surface area (Å²) < 4.78 is 0. The Hall–Kier alpha value is -0.870. The lowest BCUT2D eigenvalue weighted by Gasteiger charge is -2.26. The Labute approximate surface area is 84.8 Å². The lowest BCUT2D eigenvalue weighted by molar-refractivity contribution is -0.135. The third-order valence-corrected chi connectivity index (χ3v) is 2.58. The van der Waals surface area contributed by atoms with Crippen molar-refractivity contribution < 1.29 is 9.90 Å². The topological polar surface area (TPSA) is 43.8 Å². The van der Waals surface area contributed by atoms with Crippen LogP contribution < -0.4 is 0 Å². The second kappa shape index (κ2) is 5.12. The predicted molar refractivity (Wildman–Crippen MR) is 54.9 cm³/mol. The van der Waals surface area contributed by atoms with Gasteiger partial charge in [-0.1, -0.05) is 6.08 Å². The molecule has 1 aliphatic rings. The lowest BCUT2D eigenvalue weighted by Crippen LogP contribution is -2.47. The Morgan fingerprint density at radius 2 is 2.36 bits per heavy atom. The van der Waals surface area contributed by atoms with E-state index in [4.69, 9.17) is 0 Å². The van der Waals surface area contributed by atoms with E-state index in [1.165, 1.54) is 0 Å². The summed E-state index contributed by atoms with van der Waals surface area (Å²) in [5.41, 5.74) is 0. The van der Waals surface area contributed by atoms with Crippen LogP contribution in [0.2, 0.25) is 0 Å². The molecule has 1 fully saturated rings. The molecule has 0 aliphatic carbocycles. The zero-order chi connectivity index (χ0) is 10.6. The zero-order valence-corrected chi connectivity index (χ0v) is 8.65. The molecular formula is C10H18N2O2. The van der Waals surface area contributed by atoms with Crippen LogP contribution in [0.25, 0.3) is 0 Å². The molecule has 1 rings (SSSR count). The molecule has 14 heavy (non-hydrogen) atoms. The lowest BCUT2D eigenvalue weighted by atomic mass is 10.2. The molecule has 1 amide bonds. The maximum absolute atomic E-state index is 11.8. The first-order chi connectivity index (χ1) is 6.70. The van der Waals surface area contributed by atoms with Gasteiger partial charge in [-0.05, 0) is 6.42 Å². The van der Waals surface area contributed by atoms with E-state index in [1.54, 1.807) is 18.0 Å². The van der Waals surface area contributed by atoms with Crippen molar-refractivity contribution in [1.82, 2.24) is 9.80 Å². The van der Waals surface area contributed by atoms with Gasteiger partial charge < -0.3 is 10.0 Å². The normalized spacial score (nSPS) is 24.9. The molecule has 0 aromatic rings. The summed E-state index contributed by atoms with van der Waals surface area (Å²) in [7, 11) is 1.78. The van der Waals surface area contributed by atoms with Crippen molar-refractivity contribution in [2.45, 2.75) is 12.5 Å². The van der Waals surface area contributed by atoms with Crippen molar-refractivity contribution in [2.24, 2.45) is 0 Å². The molecule has 0 radical (unpaired) electrons. The molecule has 1 heterocycles. The predicted octanol–water partition coefficient (Wildman–Crippen LogP) is -0.303. The van der Waals surface area contributed by atoms with Gasteiger partial charge in [0.15, 0.2) is 0 Å². The third kappa shape index (κ3) is 2.33. The molecule has 4 heteroatoms. The maximum Gasteiger partial charge on any atom is 0.242 e. The van der Waals surface area contributed by atoms with Crippen molar-refractivity contribution in [3.63, 3.8) is 0 Å². The van der Waals surface area contributed by atoms with Gasteiger partial charge in [0.05, 0.1) is 6.61 Å². The van der Waals surface area contributed by atoms with Gasteiger partial charge in [-0.3, -0.25) is 9.69 Å². The van der Waals surface area contributed by atoms with E-state index in [1.807, 2.05) is 4.90 Å². The zero-order valence-electron chi connectivity index (χ0n) is 8.65. The van der Waals surface area contributed by atoms with Crippen LogP contribution >= 0.6 is 0 Å². The summed E-state index contributed by atoms with van der Waals surface area (Å²) in [5, 5.41) is 9.18. The average Bonchev–Trinajstić information content (AvgIpc) is 2.29. The first-order valence-electron chi connectivity index (χ1n) is 4.91. The summed E-state index contributed by atoms with van der Waals surface area (Å²) in [4.78, 5) is 15.4. The highest BCUT2D eigenvalue weighted by atomic mass is 16.3. The molecule has 1 atom stereocenters. The highest BCUT2D eigenvalue weighted by molar-refractivity contribution is 5.82. The van der Waals surface area contributed by atoms with E-state index in [2.05, 4.69) is 6.58 Å². The standard InChI is InChI=1S/C10H18N2O2/c1-3-5-12-7-4-6-11(2)10(14)9(12)8-13/h3,9,13H,1,4-8H2,2H3. The molecule has 1 N–H and O–H groups in total. The number of hydrogen-bond donors (Lipinski definition) is 1. The Bertz CT molecular complexity index is 218. The van der Waals surface area contributed by atoms with Crippen LogP contribution in [0.4, 0.5) is 0 Å². The minimum atomic E-state index is -0.388. The van der Waals surface area contributed by atoms with E-state index >= 15 is 0 Å².